The Bertz CT molecular complexity index is 1120. The first kappa shape index (κ1) is 18.1. The Morgan fingerprint density at radius 2 is 1.89 bits per heavy atom. The number of rotatable bonds is 3. The quantitative estimate of drug-likeness (QED) is 0.728. The van der Waals surface area contributed by atoms with E-state index in [4.69, 9.17) is 0 Å². The summed E-state index contributed by atoms with van der Waals surface area (Å²) >= 11 is 0. The van der Waals surface area contributed by atoms with E-state index in [1.165, 1.54) is 4.90 Å². The number of nitrogens with one attached hydrogen (secondary N) is 2. The zero-order chi connectivity index (χ0) is 20.0. The predicted octanol–water partition coefficient (Wildman–Crippen LogP) is 2.76. The summed E-state index contributed by atoms with van der Waals surface area (Å²) in [6.45, 7) is 1.72. The first-order valence-corrected chi connectivity index (χ1v) is 8.85. The Labute approximate surface area is 159 Å². The summed E-state index contributed by atoms with van der Waals surface area (Å²) < 4.78 is 27.3. The van der Waals surface area contributed by atoms with E-state index in [1.807, 2.05) is 24.3 Å². The van der Waals surface area contributed by atoms with Crippen molar-refractivity contribution in [3.05, 3.63) is 69.6 Å². The van der Waals surface area contributed by atoms with Gasteiger partial charge < -0.3 is 10.2 Å². The van der Waals surface area contributed by atoms with Gasteiger partial charge in [-0.15, -0.1) is 0 Å². The van der Waals surface area contributed by atoms with Crippen molar-refractivity contribution in [2.24, 2.45) is 0 Å². The van der Waals surface area contributed by atoms with Gasteiger partial charge in [-0.1, -0.05) is 18.2 Å². The van der Waals surface area contributed by atoms with Gasteiger partial charge in [-0.25, -0.2) is 13.9 Å². The highest BCUT2D eigenvalue weighted by Crippen LogP contribution is 2.29. The van der Waals surface area contributed by atoms with E-state index in [0.29, 0.717) is 12.1 Å². The minimum Gasteiger partial charge on any atom is -0.373 e. The van der Waals surface area contributed by atoms with E-state index in [-0.39, 0.29) is 16.7 Å². The molecule has 3 aromatic rings. The number of nitrogens with zero attached hydrogens (tertiary/aromatic N) is 2. The fraction of sp³-hybridized carbons (Fsp3) is 0.250. The molecule has 1 aliphatic rings. The molecular formula is C20H18F2N4O2. The second kappa shape index (κ2) is 6.70. The van der Waals surface area contributed by atoms with E-state index >= 15 is 0 Å². The number of carbonyl (C=O) groups excluding carboxylic acids is 1. The summed E-state index contributed by atoms with van der Waals surface area (Å²) in [4.78, 5) is 26.4. The van der Waals surface area contributed by atoms with Crippen LogP contribution in [0, 0.1) is 11.6 Å². The Kier molecular flexibility index (Phi) is 4.33. The van der Waals surface area contributed by atoms with Crippen LogP contribution in [0.25, 0.3) is 10.8 Å². The largest absolute Gasteiger partial charge is 0.373 e. The fourth-order valence-corrected chi connectivity index (χ4v) is 3.56. The van der Waals surface area contributed by atoms with Crippen LogP contribution in [0.5, 0.6) is 0 Å². The summed E-state index contributed by atoms with van der Waals surface area (Å²) in [5, 5.41) is 9.68. The maximum absolute atomic E-state index is 13.8. The molecule has 0 unspecified atom stereocenters. The summed E-state index contributed by atoms with van der Waals surface area (Å²) in [6, 6.07) is 8.50. The maximum atomic E-state index is 13.8. The average Bonchev–Trinajstić information content (AvgIpc) is 3.12. The SMILES string of the molecule is C[C@@H](c1n[nH]c(=O)c2cc(F)c(F)cc12)N(C)C(=O)[C@H]1Cc2ccccc2N1. The number of fused-ring (bicyclic) bond motifs is 2. The minimum absolute atomic E-state index is 0.0111. The summed E-state index contributed by atoms with van der Waals surface area (Å²) in [5.74, 6) is -2.34. The lowest BCUT2D eigenvalue weighted by Gasteiger charge is -2.28. The molecular weight excluding hydrogens is 366 g/mol. The number of anilines is 1. The number of aromatic nitrogens is 2. The second-order valence-corrected chi connectivity index (χ2v) is 6.93. The lowest BCUT2D eigenvalue weighted by Crippen LogP contribution is -2.41. The van der Waals surface area contributed by atoms with Gasteiger partial charge in [0.15, 0.2) is 11.6 Å². The summed E-state index contributed by atoms with van der Waals surface area (Å²) in [7, 11) is 1.62. The average molecular weight is 384 g/mol. The van der Waals surface area contributed by atoms with Crippen LogP contribution in [0.4, 0.5) is 14.5 Å². The van der Waals surface area contributed by atoms with Crippen molar-refractivity contribution >= 4 is 22.4 Å². The van der Waals surface area contributed by atoms with Gasteiger partial charge >= 0.3 is 0 Å². The highest BCUT2D eigenvalue weighted by Gasteiger charge is 2.31. The summed E-state index contributed by atoms with van der Waals surface area (Å²) in [6.07, 6.45) is 0.561. The fourth-order valence-electron chi connectivity index (χ4n) is 3.56. The molecule has 2 atom stereocenters. The minimum atomic E-state index is -1.11. The summed E-state index contributed by atoms with van der Waals surface area (Å²) in [5.41, 5.74) is 1.66. The van der Waals surface area contributed by atoms with Gasteiger partial charge in [0, 0.05) is 24.5 Å². The zero-order valence-electron chi connectivity index (χ0n) is 15.3. The molecule has 0 aliphatic carbocycles. The number of amides is 1. The number of H-pyrrole nitrogens is 1. The van der Waals surface area contributed by atoms with Crippen molar-refractivity contribution in [2.45, 2.75) is 25.4 Å². The molecule has 0 spiro atoms. The van der Waals surface area contributed by atoms with Gasteiger partial charge in [0.05, 0.1) is 17.1 Å². The normalized spacial score (nSPS) is 16.5. The van der Waals surface area contributed by atoms with Crippen molar-refractivity contribution in [1.82, 2.24) is 15.1 Å². The van der Waals surface area contributed by atoms with Crippen molar-refractivity contribution in [2.75, 3.05) is 12.4 Å². The van der Waals surface area contributed by atoms with Gasteiger partial charge in [-0.2, -0.15) is 5.10 Å². The zero-order valence-corrected chi connectivity index (χ0v) is 15.3. The molecule has 1 amide bonds. The molecule has 0 bridgehead atoms. The van der Waals surface area contributed by atoms with E-state index in [1.54, 1.807) is 14.0 Å². The highest BCUT2D eigenvalue weighted by atomic mass is 19.2. The third-order valence-corrected chi connectivity index (χ3v) is 5.25. The van der Waals surface area contributed by atoms with Crippen molar-refractivity contribution in [3.8, 4) is 0 Å². The van der Waals surface area contributed by atoms with E-state index < -0.39 is 29.3 Å². The van der Waals surface area contributed by atoms with Crippen LogP contribution in [-0.2, 0) is 11.2 Å². The van der Waals surface area contributed by atoms with Gasteiger partial charge in [0.1, 0.15) is 6.04 Å². The molecule has 8 heteroatoms. The number of benzene rings is 2. The Hall–Kier alpha value is -3.29. The van der Waals surface area contributed by atoms with Crippen LogP contribution in [-0.4, -0.2) is 34.1 Å². The van der Waals surface area contributed by atoms with Gasteiger partial charge in [-0.05, 0) is 30.7 Å². The van der Waals surface area contributed by atoms with Crippen LogP contribution in [0.1, 0.15) is 24.2 Å². The molecule has 1 aromatic heterocycles. The van der Waals surface area contributed by atoms with E-state index in [2.05, 4.69) is 15.5 Å². The number of aromatic amines is 1. The number of hydrogen-bond acceptors (Lipinski definition) is 4. The van der Waals surface area contributed by atoms with Crippen LogP contribution < -0.4 is 10.9 Å². The molecule has 4 rings (SSSR count). The number of likely N-dealkylation sites (N-methyl/N-ethyl adjacent to an activating group) is 1. The molecule has 0 saturated heterocycles. The molecule has 0 fully saturated rings. The standard InChI is InChI=1S/C20H18F2N4O2/c1-10(18-12-8-14(21)15(22)9-13(12)19(27)25-24-18)26(2)20(28)17-7-11-5-3-4-6-16(11)23-17/h3-6,8-10,17,23H,7H2,1-2H3,(H,25,27)/t10-,17+/m0/s1. The molecule has 0 radical (unpaired) electrons. The first-order chi connectivity index (χ1) is 13.4. The molecule has 28 heavy (non-hydrogen) atoms. The van der Waals surface area contributed by atoms with Gasteiger partial charge in [0.25, 0.3) is 5.56 Å². The molecule has 2 aromatic carbocycles. The number of carbonyl (C=O) groups is 1. The Balaban J connectivity index is 1.65. The van der Waals surface area contributed by atoms with Gasteiger partial charge in [-0.3, -0.25) is 9.59 Å². The smallest absolute Gasteiger partial charge is 0.272 e. The topological polar surface area (TPSA) is 78.1 Å². The molecule has 0 saturated carbocycles. The molecule has 1 aliphatic heterocycles. The Morgan fingerprint density at radius 3 is 2.61 bits per heavy atom. The monoisotopic (exact) mass is 384 g/mol. The molecule has 2 heterocycles. The van der Waals surface area contributed by atoms with Gasteiger partial charge in [0.2, 0.25) is 5.91 Å². The Morgan fingerprint density at radius 1 is 1.21 bits per heavy atom. The second-order valence-electron chi connectivity index (χ2n) is 6.93. The van der Waals surface area contributed by atoms with Crippen molar-refractivity contribution < 1.29 is 13.6 Å². The van der Waals surface area contributed by atoms with E-state index in [0.717, 1.165) is 23.4 Å². The van der Waals surface area contributed by atoms with Crippen LogP contribution in [0.15, 0.2) is 41.2 Å². The van der Waals surface area contributed by atoms with Crippen LogP contribution in [0.2, 0.25) is 0 Å². The van der Waals surface area contributed by atoms with Crippen molar-refractivity contribution in [1.29, 1.82) is 0 Å². The number of hydrogen-bond donors (Lipinski definition) is 2. The molecule has 6 nitrogen and oxygen atoms in total. The lowest BCUT2D eigenvalue weighted by molar-refractivity contribution is -0.132. The first-order valence-electron chi connectivity index (χ1n) is 8.85. The third-order valence-electron chi connectivity index (χ3n) is 5.25. The third kappa shape index (κ3) is 2.90. The predicted molar refractivity (Wildman–Crippen MR) is 101 cm³/mol. The molecule has 2 N–H and O–H groups in total. The molecule has 144 valence electrons. The number of para-hydroxylation sites is 1. The van der Waals surface area contributed by atoms with E-state index in [9.17, 15) is 18.4 Å². The maximum Gasteiger partial charge on any atom is 0.272 e. The lowest BCUT2D eigenvalue weighted by atomic mass is 10.0. The number of halogens is 2. The highest BCUT2D eigenvalue weighted by molar-refractivity contribution is 5.89. The van der Waals surface area contributed by atoms with Crippen molar-refractivity contribution in [3.63, 3.8) is 0 Å². The van der Waals surface area contributed by atoms with Crippen LogP contribution >= 0.6 is 0 Å². The van der Waals surface area contributed by atoms with Crippen LogP contribution in [0.3, 0.4) is 0 Å².